The molecular formula is C37H36F6N8O3S. The molecule has 18 heteroatoms. The number of alkyl halides is 4. The average Bonchev–Trinajstić information content (AvgIpc) is 3.71. The van der Waals surface area contributed by atoms with Crippen LogP contribution in [0.3, 0.4) is 0 Å². The minimum Gasteiger partial charge on any atom is -0.346 e. The summed E-state index contributed by atoms with van der Waals surface area (Å²) in [7, 11) is -3.77. The summed E-state index contributed by atoms with van der Waals surface area (Å²) in [5.41, 5.74) is -1.17. The number of anilines is 1. The number of carbonyl (C=O) groups excluding carboxylic acids is 1. The van der Waals surface area contributed by atoms with E-state index in [0.29, 0.717) is 21.9 Å². The Hall–Kier alpha value is -5.44. The molecule has 4 heterocycles. The van der Waals surface area contributed by atoms with Crippen molar-refractivity contribution in [1.29, 1.82) is 0 Å². The number of fused-ring (bicyclic) bond motifs is 2. The number of nitrogens with zero attached hydrogens (tertiary/aromatic N) is 6. The van der Waals surface area contributed by atoms with Crippen LogP contribution in [0.25, 0.3) is 16.8 Å². The van der Waals surface area contributed by atoms with Gasteiger partial charge in [0.1, 0.15) is 35.3 Å². The molecule has 2 N–H and O–H groups in total. The van der Waals surface area contributed by atoms with Gasteiger partial charge in [-0.2, -0.15) is 13.9 Å². The molecule has 0 fully saturated rings. The van der Waals surface area contributed by atoms with E-state index in [9.17, 15) is 30.8 Å². The normalized spacial score (nSPS) is 17.2. The SMILES string of the molecule is C[C@@H]1c2c(C(F)F)nn(CC(=O)N[C@@H](Cc3cc(F)cc(F)c3)c3nc(C#CC(C)(C)C)ccc3-c3cccn4c(NS(C)(=O)=O)nnc34)c2C(F)(F)[C@@H]1C. The van der Waals surface area contributed by atoms with Gasteiger partial charge in [0.2, 0.25) is 21.9 Å². The van der Waals surface area contributed by atoms with Crippen LogP contribution in [0, 0.1) is 34.8 Å². The number of carbonyl (C=O) groups is 1. The van der Waals surface area contributed by atoms with Crippen LogP contribution in [0.2, 0.25) is 0 Å². The van der Waals surface area contributed by atoms with Crippen molar-refractivity contribution in [2.24, 2.45) is 11.3 Å². The summed E-state index contributed by atoms with van der Waals surface area (Å²) >= 11 is 0. The average molecular weight is 787 g/mol. The van der Waals surface area contributed by atoms with Crippen molar-refractivity contribution in [3.63, 3.8) is 0 Å². The number of hydrogen-bond donors (Lipinski definition) is 2. The molecule has 0 aliphatic heterocycles. The molecule has 3 atom stereocenters. The van der Waals surface area contributed by atoms with Crippen LogP contribution in [0.1, 0.15) is 86.9 Å². The quantitative estimate of drug-likeness (QED) is 0.116. The van der Waals surface area contributed by atoms with Crippen molar-refractivity contribution >= 4 is 27.5 Å². The van der Waals surface area contributed by atoms with Crippen molar-refractivity contribution in [3.05, 3.63) is 94.2 Å². The van der Waals surface area contributed by atoms with Gasteiger partial charge in [0, 0.05) is 40.3 Å². The van der Waals surface area contributed by atoms with Crippen LogP contribution in [0.15, 0.2) is 48.7 Å². The second-order valence-electron chi connectivity index (χ2n) is 14.6. The first-order valence-electron chi connectivity index (χ1n) is 17.0. The van der Waals surface area contributed by atoms with E-state index >= 15 is 8.78 Å². The Morgan fingerprint density at radius 2 is 1.71 bits per heavy atom. The van der Waals surface area contributed by atoms with Gasteiger partial charge < -0.3 is 5.32 Å². The predicted molar refractivity (Wildman–Crippen MR) is 191 cm³/mol. The van der Waals surface area contributed by atoms with E-state index < -0.39 is 81.1 Å². The molecule has 6 rings (SSSR count). The number of amides is 1. The zero-order chi connectivity index (χ0) is 40.2. The third-order valence-corrected chi connectivity index (χ3v) is 9.68. The van der Waals surface area contributed by atoms with E-state index in [1.165, 1.54) is 24.4 Å². The fourth-order valence-corrected chi connectivity index (χ4v) is 7.03. The van der Waals surface area contributed by atoms with Crippen LogP contribution < -0.4 is 10.0 Å². The largest absolute Gasteiger partial charge is 0.346 e. The van der Waals surface area contributed by atoms with Gasteiger partial charge >= 0.3 is 0 Å². The van der Waals surface area contributed by atoms with E-state index in [1.807, 2.05) is 20.8 Å². The molecule has 290 valence electrons. The van der Waals surface area contributed by atoms with Crippen molar-refractivity contribution in [1.82, 2.24) is 34.7 Å². The molecule has 0 spiro atoms. The van der Waals surface area contributed by atoms with E-state index in [2.05, 4.69) is 37.2 Å². The number of aromatic nitrogens is 6. The number of hydrogen-bond acceptors (Lipinski definition) is 7. The number of halogens is 6. The minimum absolute atomic E-state index is 0.0798. The topological polar surface area (TPSA) is 136 Å². The Morgan fingerprint density at radius 3 is 2.35 bits per heavy atom. The highest BCUT2D eigenvalue weighted by molar-refractivity contribution is 7.92. The van der Waals surface area contributed by atoms with Crippen molar-refractivity contribution in [2.75, 3.05) is 11.0 Å². The van der Waals surface area contributed by atoms with Gasteiger partial charge in [-0.05, 0) is 81.0 Å². The highest BCUT2D eigenvalue weighted by Crippen LogP contribution is 2.54. The summed E-state index contributed by atoms with van der Waals surface area (Å²) < 4.78 is 117. The second kappa shape index (κ2) is 14.3. The molecule has 0 bridgehead atoms. The number of sulfonamides is 1. The lowest BCUT2D eigenvalue weighted by Crippen LogP contribution is -2.35. The first-order valence-corrected chi connectivity index (χ1v) is 18.9. The Labute approximate surface area is 312 Å². The van der Waals surface area contributed by atoms with E-state index in [4.69, 9.17) is 4.98 Å². The molecule has 11 nitrogen and oxygen atoms in total. The van der Waals surface area contributed by atoms with Gasteiger partial charge in [0.05, 0.1) is 18.0 Å². The fraction of sp³-hybridized carbons (Fsp3) is 0.378. The number of benzene rings is 1. The minimum atomic E-state index is -3.77. The maximum absolute atomic E-state index is 15.5. The molecule has 1 aliphatic rings. The Balaban J connectivity index is 1.50. The lowest BCUT2D eigenvalue weighted by Gasteiger charge is -2.23. The first-order chi connectivity index (χ1) is 25.6. The maximum Gasteiger partial charge on any atom is 0.292 e. The predicted octanol–water partition coefficient (Wildman–Crippen LogP) is 6.92. The van der Waals surface area contributed by atoms with Gasteiger partial charge in [-0.3, -0.25) is 18.6 Å². The molecule has 1 aromatic carbocycles. The van der Waals surface area contributed by atoms with Crippen LogP contribution in [-0.4, -0.2) is 49.9 Å². The second-order valence-corrected chi connectivity index (χ2v) is 16.3. The molecule has 55 heavy (non-hydrogen) atoms. The number of nitrogens with one attached hydrogen (secondary N) is 2. The lowest BCUT2D eigenvalue weighted by atomic mass is 9.94. The van der Waals surface area contributed by atoms with Crippen molar-refractivity contribution in [3.8, 4) is 23.0 Å². The molecule has 4 aromatic heterocycles. The third-order valence-electron chi connectivity index (χ3n) is 9.13. The summed E-state index contributed by atoms with van der Waals surface area (Å²) in [6.45, 7) is 7.36. The van der Waals surface area contributed by atoms with Gasteiger partial charge in [0.15, 0.2) is 5.65 Å². The van der Waals surface area contributed by atoms with Crippen molar-refractivity contribution in [2.45, 2.75) is 71.9 Å². The molecule has 0 radical (unpaired) electrons. The first kappa shape index (κ1) is 39.3. The lowest BCUT2D eigenvalue weighted by molar-refractivity contribution is -0.123. The van der Waals surface area contributed by atoms with Gasteiger partial charge in [-0.15, -0.1) is 10.2 Å². The molecule has 1 amide bonds. The van der Waals surface area contributed by atoms with E-state index in [-0.39, 0.29) is 40.5 Å². The number of pyridine rings is 2. The van der Waals surface area contributed by atoms with Gasteiger partial charge in [-0.25, -0.2) is 31.0 Å². The fourth-order valence-electron chi connectivity index (χ4n) is 6.56. The Bertz CT molecular complexity index is 2460. The summed E-state index contributed by atoms with van der Waals surface area (Å²) in [4.78, 5) is 18.7. The van der Waals surface area contributed by atoms with E-state index in [0.717, 1.165) is 18.4 Å². The van der Waals surface area contributed by atoms with Gasteiger partial charge in [-0.1, -0.05) is 19.8 Å². The maximum atomic E-state index is 15.5. The molecule has 5 aromatic rings. The molecule has 1 aliphatic carbocycles. The zero-order valence-corrected chi connectivity index (χ0v) is 31.2. The van der Waals surface area contributed by atoms with E-state index in [1.54, 1.807) is 24.3 Å². The number of rotatable bonds is 10. The monoisotopic (exact) mass is 786 g/mol. The summed E-state index contributed by atoms with van der Waals surface area (Å²) in [6.07, 6.45) is -1.04. The van der Waals surface area contributed by atoms with Crippen LogP contribution >= 0.6 is 0 Å². The standard InChI is InChI=1S/C37H36F6N8O3S/c1-19-20(2)37(42,43)32-29(19)31(33(40)41)48-51(32)18-28(52)45-27(16-21-14-22(38)17-23(39)15-21)30-25(10-9-24(44-30)11-12-36(3,4)5)26-8-7-13-50-34(26)46-47-35(50)49-55(6,53)54/h7-10,13-15,17,19-20,27,33H,16,18H2,1-6H3,(H,45,52)(H,47,49)/t19-,20+,27-/m0/s1. The molecule has 0 saturated carbocycles. The third kappa shape index (κ3) is 8.16. The smallest absolute Gasteiger partial charge is 0.292 e. The van der Waals surface area contributed by atoms with Crippen LogP contribution in [-0.2, 0) is 33.7 Å². The van der Waals surface area contributed by atoms with Crippen LogP contribution in [0.4, 0.5) is 32.3 Å². The molecular weight excluding hydrogens is 751 g/mol. The van der Waals surface area contributed by atoms with Crippen molar-refractivity contribution < 1.29 is 39.6 Å². The Kier molecular flexibility index (Phi) is 10.2. The summed E-state index contributed by atoms with van der Waals surface area (Å²) in [5, 5.41) is 14.6. The molecule has 0 unspecified atom stereocenters. The summed E-state index contributed by atoms with van der Waals surface area (Å²) in [5.74, 6) is -2.73. The highest BCUT2D eigenvalue weighted by Gasteiger charge is 2.55. The zero-order valence-electron chi connectivity index (χ0n) is 30.4. The van der Waals surface area contributed by atoms with Crippen LogP contribution in [0.5, 0.6) is 0 Å². The Morgan fingerprint density at radius 1 is 1.02 bits per heavy atom. The molecule has 0 saturated heterocycles. The highest BCUT2D eigenvalue weighted by atomic mass is 32.2. The van der Waals surface area contributed by atoms with Gasteiger partial charge in [0.25, 0.3) is 12.3 Å². The summed E-state index contributed by atoms with van der Waals surface area (Å²) in [6, 6.07) is 7.92.